The van der Waals surface area contributed by atoms with E-state index in [2.05, 4.69) is 36.9 Å². The summed E-state index contributed by atoms with van der Waals surface area (Å²) in [5.74, 6) is 0.183. The molecule has 1 aromatic carbocycles. The molecule has 0 radical (unpaired) electrons. The van der Waals surface area contributed by atoms with Crippen LogP contribution in [0.1, 0.15) is 26.3 Å². The molecule has 0 atom stereocenters. The van der Waals surface area contributed by atoms with Crippen molar-refractivity contribution < 1.29 is 9.18 Å². The van der Waals surface area contributed by atoms with E-state index in [1.165, 1.54) is 6.07 Å². The summed E-state index contributed by atoms with van der Waals surface area (Å²) in [6, 6.07) is 4.93. The van der Waals surface area contributed by atoms with Crippen molar-refractivity contribution in [3.05, 3.63) is 34.1 Å². The third-order valence-corrected chi connectivity index (χ3v) is 3.45. The normalized spacial score (nSPS) is 11.5. The maximum Gasteiger partial charge on any atom is 0.239 e. The second-order valence-electron chi connectivity index (χ2n) is 6.15. The number of guanidine groups is 1. The Hall–Kier alpha value is -0.900. The van der Waals surface area contributed by atoms with E-state index in [1.54, 1.807) is 19.2 Å². The number of rotatable bonds is 5. The van der Waals surface area contributed by atoms with E-state index in [9.17, 15) is 9.18 Å². The lowest BCUT2D eigenvalue weighted by molar-refractivity contribution is -0.121. The molecule has 3 N–H and O–H groups in total. The number of carbonyl (C=O) groups excluding carboxylic acids is 1. The molecule has 1 amide bonds. The number of carbonyl (C=O) groups is 1. The molecule has 0 aliphatic heterocycles. The minimum absolute atomic E-state index is 0. The largest absolute Gasteiger partial charge is 0.356 e. The molecule has 0 heterocycles. The molecule has 0 bridgehead atoms. The molecule has 8 heteroatoms. The van der Waals surface area contributed by atoms with Gasteiger partial charge < -0.3 is 16.0 Å². The lowest BCUT2D eigenvalue weighted by atomic mass is 10.1. The van der Waals surface area contributed by atoms with Crippen molar-refractivity contribution in [1.29, 1.82) is 0 Å². The van der Waals surface area contributed by atoms with Crippen molar-refractivity contribution in [2.24, 2.45) is 4.99 Å². The van der Waals surface area contributed by atoms with Crippen molar-refractivity contribution in [3.8, 4) is 0 Å². The molecular formula is C16H25BrFIN4O. The molecule has 0 spiro atoms. The highest BCUT2D eigenvalue weighted by atomic mass is 127. The van der Waals surface area contributed by atoms with Crippen LogP contribution < -0.4 is 16.0 Å². The van der Waals surface area contributed by atoms with Gasteiger partial charge in [0.1, 0.15) is 5.82 Å². The van der Waals surface area contributed by atoms with Gasteiger partial charge in [-0.3, -0.25) is 9.79 Å². The van der Waals surface area contributed by atoms with E-state index < -0.39 is 0 Å². The highest BCUT2D eigenvalue weighted by Crippen LogP contribution is 2.16. The summed E-state index contributed by atoms with van der Waals surface area (Å²) in [5.41, 5.74) is 0.748. The van der Waals surface area contributed by atoms with E-state index in [1.807, 2.05) is 20.8 Å². The van der Waals surface area contributed by atoms with Gasteiger partial charge in [-0.25, -0.2) is 4.39 Å². The summed E-state index contributed by atoms with van der Waals surface area (Å²) in [7, 11) is 1.64. The zero-order valence-electron chi connectivity index (χ0n) is 14.4. The number of nitrogens with one attached hydrogen (secondary N) is 3. The molecule has 136 valence electrons. The number of benzene rings is 1. The molecule has 0 unspecified atom stereocenters. The van der Waals surface area contributed by atoms with Crippen LogP contribution in [0.15, 0.2) is 27.7 Å². The second kappa shape index (κ2) is 10.9. The molecule has 24 heavy (non-hydrogen) atoms. The molecule has 0 fully saturated rings. The Kier molecular flexibility index (Phi) is 10.5. The summed E-state index contributed by atoms with van der Waals surface area (Å²) < 4.78 is 13.6. The maximum atomic E-state index is 13.2. The standard InChI is InChI=1S/C16H24BrFN4O.HI/c1-16(2,3)22-14(23)10-21-15(19-4)20-8-7-11-5-6-13(18)12(17)9-11;/h5-6,9H,7-8,10H2,1-4H3,(H,22,23)(H2,19,20,21);1H. The zero-order valence-corrected chi connectivity index (χ0v) is 18.3. The van der Waals surface area contributed by atoms with Gasteiger partial charge in [0, 0.05) is 19.1 Å². The van der Waals surface area contributed by atoms with Gasteiger partial charge in [0.15, 0.2) is 5.96 Å². The summed E-state index contributed by atoms with van der Waals surface area (Å²) in [4.78, 5) is 15.8. The molecule has 0 saturated carbocycles. The first-order valence-electron chi connectivity index (χ1n) is 7.41. The number of halogens is 3. The third kappa shape index (κ3) is 9.41. The van der Waals surface area contributed by atoms with E-state index >= 15 is 0 Å². The first kappa shape index (κ1) is 23.1. The van der Waals surface area contributed by atoms with Gasteiger partial charge in [-0.1, -0.05) is 6.07 Å². The quantitative estimate of drug-likeness (QED) is 0.321. The van der Waals surface area contributed by atoms with Crippen LogP contribution in [-0.4, -0.2) is 37.5 Å². The number of nitrogens with zero attached hydrogens (tertiary/aromatic N) is 1. The highest BCUT2D eigenvalue weighted by Gasteiger charge is 2.13. The highest BCUT2D eigenvalue weighted by molar-refractivity contribution is 14.0. The Bertz CT molecular complexity index is 576. The predicted molar refractivity (Wildman–Crippen MR) is 110 cm³/mol. The second-order valence-corrected chi connectivity index (χ2v) is 7.00. The molecule has 5 nitrogen and oxygen atoms in total. The van der Waals surface area contributed by atoms with E-state index in [4.69, 9.17) is 0 Å². The van der Waals surface area contributed by atoms with Gasteiger partial charge in [-0.15, -0.1) is 24.0 Å². The van der Waals surface area contributed by atoms with Crippen molar-refractivity contribution in [2.75, 3.05) is 20.1 Å². The number of amides is 1. The SMILES string of the molecule is CN=C(NCCc1ccc(F)c(Br)c1)NCC(=O)NC(C)(C)C.I. The fourth-order valence-corrected chi connectivity index (χ4v) is 2.29. The van der Waals surface area contributed by atoms with Crippen LogP contribution >= 0.6 is 39.9 Å². The van der Waals surface area contributed by atoms with Crippen LogP contribution in [0.5, 0.6) is 0 Å². The smallest absolute Gasteiger partial charge is 0.239 e. The zero-order chi connectivity index (χ0) is 17.5. The summed E-state index contributed by atoms with van der Waals surface area (Å²) in [6.07, 6.45) is 0.716. The van der Waals surface area contributed by atoms with Gasteiger partial charge in [0.2, 0.25) is 5.91 Å². The summed E-state index contributed by atoms with van der Waals surface area (Å²) >= 11 is 3.17. The average molecular weight is 515 g/mol. The Morgan fingerprint density at radius 1 is 1.29 bits per heavy atom. The molecular weight excluding hydrogens is 490 g/mol. The lowest BCUT2D eigenvalue weighted by Crippen LogP contribution is -2.48. The number of hydrogen-bond donors (Lipinski definition) is 3. The van der Waals surface area contributed by atoms with Gasteiger partial charge in [-0.2, -0.15) is 0 Å². The van der Waals surface area contributed by atoms with Crippen molar-refractivity contribution in [1.82, 2.24) is 16.0 Å². The van der Waals surface area contributed by atoms with Crippen LogP contribution in [0.2, 0.25) is 0 Å². The monoisotopic (exact) mass is 514 g/mol. The minimum atomic E-state index is -0.274. The van der Waals surface area contributed by atoms with Crippen LogP contribution in [0.3, 0.4) is 0 Å². The van der Waals surface area contributed by atoms with Crippen molar-refractivity contribution in [3.63, 3.8) is 0 Å². The number of aliphatic imine (C=N–C) groups is 1. The van der Waals surface area contributed by atoms with Crippen LogP contribution in [0.25, 0.3) is 0 Å². The maximum absolute atomic E-state index is 13.2. The molecule has 0 aromatic heterocycles. The van der Waals surface area contributed by atoms with Gasteiger partial charge in [0.25, 0.3) is 0 Å². The Morgan fingerprint density at radius 3 is 2.50 bits per heavy atom. The van der Waals surface area contributed by atoms with Gasteiger partial charge in [0.05, 0.1) is 11.0 Å². The molecule has 0 saturated heterocycles. The topological polar surface area (TPSA) is 65.5 Å². The molecule has 0 aliphatic rings. The van der Waals surface area contributed by atoms with Crippen molar-refractivity contribution in [2.45, 2.75) is 32.7 Å². The average Bonchev–Trinajstić information content (AvgIpc) is 2.44. The number of hydrogen-bond acceptors (Lipinski definition) is 2. The third-order valence-electron chi connectivity index (χ3n) is 2.84. The lowest BCUT2D eigenvalue weighted by Gasteiger charge is -2.21. The first-order valence-corrected chi connectivity index (χ1v) is 8.20. The van der Waals surface area contributed by atoms with E-state index in [-0.39, 0.29) is 47.8 Å². The molecule has 0 aliphatic carbocycles. The molecule has 1 aromatic rings. The van der Waals surface area contributed by atoms with Crippen molar-refractivity contribution >= 4 is 51.8 Å². The van der Waals surface area contributed by atoms with E-state index in [0.29, 0.717) is 23.4 Å². The van der Waals surface area contributed by atoms with Gasteiger partial charge in [-0.05, 0) is 60.8 Å². The summed E-state index contributed by atoms with van der Waals surface area (Å²) in [5, 5.41) is 8.94. The van der Waals surface area contributed by atoms with Gasteiger partial charge >= 0.3 is 0 Å². The fraction of sp³-hybridized carbons (Fsp3) is 0.500. The Labute approximate surface area is 168 Å². The van der Waals surface area contributed by atoms with Crippen LogP contribution in [0, 0.1) is 5.82 Å². The Balaban J connectivity index is 0.00000529. The van der Waals surface area contributed by atoms with Crippen LogP contribution in [-0.2, 0) is 11.2 Å². The Morgan fingerprint density at radius 2 is 1.96 bits per heavy atom. The first-order chi connectivity index (χ1) is 10.7. The fourth-order valence-electron chi connectivity index (χ4n) is 1.87. The minimum Gasteiger partial charge on any atom is -0.356 e. The molecule has 1 rings (SSSR count). The van der Waals surface area contributed by atoms with E-state index in [0.717, 1.165) is 5.56 Å². The summed E-state index contributed by atoms with van der Waals surface area (Å²) in [6.45, 7) is 6.56. The van der Waals surface area contributed by atoms with Crippen LogP contribution in [0.4, 0.5) is 4.39 Å². The predicted octanol–water partition coefficient (Wildman–Crippen LogP) is 2.83.